The molecule has 0 fully saturated rings. The summed E-state index contributed by atoms with van der Waals surface area (Å²) in [5.41, 5.74) is 18.9. The van der Waals surface area contributed by atoms with Crippen LogP contribution < -0.4 is 22.9 Å². The van der Waals surface area contributed by atoms with E-state index >= 15 is 0 Å². The van der Waals surface area contributed by atoms with E-state index in [4.69, 9.17) is 21.4 Å². The lowest BCUT2D eigenvalue weighted by atomic mass is 10.1. The summed E-state index contributed by atoms with van der Waals surface area (Å²) >= 11 is 0. The van der Waals surface area contributed by atoms with Crippen LogP contribution in [0.25, 0.3) is 0 Å². The Morgan fingerprint density at radius 3 is 1.63 bits per heavy atom. The number of halogens is 4. The smallest absolute Gasteiger partial charge is 0.480 e. The maximum absolute atomic E-state index is 10.1. The molecule has 0 rings (SSSR count). The number of hydrogen-bond acceptors (Lipinski definition) is 4. The third-order valence-electron chi connectivity index (χ3n) is 1.29. The normalized spacial score (nSPS) is 11.3. The summed E-state index contributed by atoms with van der Waals surface area (Å²) in [6, 6.07) is -1.55. The van der Waals surface area contributed by atoms with Crippen LogP contribution in [0.4, 0.5) is 22.1 Å². The Bertz CT molecular complexity index is 245. The van der Waals surface area contributed by atoms with E-state index in [1.807, 2.05) is 0 Å². The quantitative estimate of drug-likeness (QED) is 0.270. The second-order valence-electron chi connectivity index (χ2n) is 3.13. The number of carbonyl (C=O) groups excluding carboxylic acids is 1. The van der Waals surface area contributed by atoms with E-state index < -0.39 is 25.3 Å². The molecule has 0 spiro atoms. The van der Waals surface area contributed by atoms with Gasteiger partial charge in [0.25, 0.3) is 0 Å². The summed E-state index contributed by atoms with van der Waals surface area (Å²) < 4.78 is 39.0. The van der Waals surface area contributed by atoms with Crippen molar-refractivity contribution in [3.63, 3.8) is 0 Å². The number of carbonyl (C=O) groups is 2. The van der Waals surface area contributed by atoms with Crippen LogP contribution in [-0.4, -0.2) is 36.9 Å². The Morgan fingerprint density at radius 1 is 1.11 bits per heavy atom. The first-order valence-electron chi connectivity index (χ1n) is 5.02. The predicted molar refractivity (Wildman–Crippen MR) is 62.5 cm³/mol. The van der Waals surface area contributed by atoms with E-state index in [0.29, 0.717) is 13.0 Å². The fraction of sp³-hybridized carbons (Fsp3) is 0.714. The van der Waals surface area contributed by atoms with Gasteiger partial charge in [-0.25, -0.2) is 4.79 Å². The largest absolute Gasteiger partial charge is 0.673 e. The molecule has 0 aliphatic rings. The van der Waals surface area contributed by atoms with Gasteiger partial charge in [-0.15, -0.1) is 0 Å². The van der Waals surface area contributed by atoms with Gasteiger partial charge in [0.05, 0.1) is 0 Å². The fourth-order valence-corrected chi connectivity index (χ4v) is 0.632. The molecule has 0 aromatic heterocycles. The van der Waals surface area contributed by atoms with Crippen molar-refractivity contribution in [1.29, 1.82) is 0 Å². The Kier molecular flexibility index (Phi) is 15.3. The molecule has 2 amide bonds. The second-order valence-corrected chi connectivity index (χ2v) is 3.13. The molecule has 116 valence electrons. The summed E-state index contributed by atoms with van der Waals surface area (Å²) in [4.78, 5) is 19.1. The zero-order valence-electron chi connectivity index (χ0n) is 10.1. The average Bonchev–Trinajstić information content (AvgIpc) is 2.14. The average molecular weight is 293 g/mol. The van der Waals surface area contributed by atoms with Crippen LogP contribution >= 0.6 is 0 Å². The van der Waals surface area contributed by atoms with Crippen LogP contribution in [-0.2, 0) is 4.79 Å². The van der Waals surface area contributed by atoms with Crippen molar-refractivity contribution in [2.24, 2.45) is 22.9 Å². The van der Waals surface area contributed by atoms with Crippen LogP contribution in [0.15, 0.2) is 0 Å². The highest BCUT2D eigenvalue weighted by Gasteiger charge is 2.20. The third kappa shape index (κ3) is 61.9. The molecular formula is C7H18BF4N4O3-. The molecule has 1 atom stereocenters. The highest BCUT2D eigenvalue weighted by Crippen LogP contribution is 2.06. The van der Waals surface area contributed by atoms with Crippen molar-refractivity contribution in [3.05, 3.63) is 0 Å². The minimum Gasteiger partial charge on any atom is -0.480 e. The molecular weight excluding hydrogens is 275 g/mol. The minimum atomic E-state index is -6.00. The monoisotopic (exact) mass is 293 g/mol. The first kappa shape index (κ1) is 22.6. The molecule has 0 aromatic carbocycles. The van der Waals surface area contributed by atoms with E-state index in [-0.39, 0.29) is 0 Å². The van der Waals surface area contributed by atoms with Crippen LogP contribution in [0.3, 0.4) is 0 Å². The van der Waals surface area contributed by atoms with Gasteiger partial charge in [0, 0.05) is 0 Å². The van der Waals surface area contributed by atoms with Gasteiger partial charge >= 0.3 is 19.3 Å². The molecule has 19 heavy (non-hydrogen) atoms. The molecule has 7 nitrogen and oxygen atoms in total. The Labute approximate surface area is 107 Å². The number of primary amides is 2. The Hall–Kier alpha value is -1.56. The standard InChI is InChI=1S/C6H14N2O2.CH4N2O.BF4/c7-4-2-1-3-5(8)6(9)10;2-1(3)4;2-1(3,4)5/h5H,1-4,7-8H2,(H,9,10);(H4,2,3,4);/q;;-1/t5-;;/m0../s1. The van der Waals surface area contributed by atoms with Gasteiger partial charge in [0.2, 0.25) is 0 Å². The van der Waals surface area contributed by atoms with Gasteiger partial charge in [-0.05, 0) is 19.4 Å². The number of rotatable bonds is 5. The van der Waals surface area contributed by atoms with Crippen molar-refractivity contribution < 1.29 is 32.0 Å². The molecule has 0 bridgehead atoms. The lowest BCUT2D eigenvalue weighted by Gasteiger charge is -2.03. The van der Waals surface area contributed by atoms with Crippen molar-refractivity contribution in [2.45, 2.75) is 25.3 Å². The summed E-state index contributed by atoms with van der Waals surface area (Å²) in [5.74, 6) is -0.933. The number of carboxylic acid groups (broad SMARTS) is 1. The summed E-state index contributed by atoms with van der Waals surface area (Å²) in [7, 11) is -6.00. The topological polar surface area (TPSA) is 158 Å². The molecule has 9 N–H and O–H groups in total. The van der Waals surface area contributed by atoms with Crippen LogP contribution in [0.1, 0.15) is 19.3 Å². The molecule has 0 unspecified atom stereocenters. The molecule has 0 aromatic rings. The number of hydrogen-bond donors (Lipinski definition) is 5. The van der Waals surface area contributed by atoms with E-state index in [1.54, 1.807) is 0 Å². The first-order valence-corrected chi connectivity index (χ1v) is 5.02. The lowest BCUT2D eigenvalue weighted by molar-refractivity contribution is -0.138. The van der Waals surface area contributed by atoms with Crippen LogP contribution in [0, 0.1) is 0 Å². The molecule has 0 saturated carbocycles. The maximum atomic E-state index is 10.1. The highest BCUT2D eigenvalue weighted by molar-refractivity contribution is 6.50. The Morgan fingerprint density at radius 2 is 1.42 bits per heavy atom. The maximum Gasteiger partial charge on any atom is 0.673 e. The van der Waals surface area contributed by atoms with E-state index in [1.165, 1.54) is 0 Å². The summed E-state index contributed by atoms with van der Waals surface area (Å²) in [6.45, 7) is 0.604. The molecule has 0 aliphatic heterocycles. The summed E-state index contributed by atoms with van der Waals surface area (Å²) in [5, 5.41) is 8.33. The minimum absolute atomic E-state index is 0.520. The second kappa shape index (κ2) is 12.9. The van der Waals surface area contributed by atoms with Gasteiger partial charge in [0.15, 0.2) is 0 Å². The van der Waals surface area contributed by atoms with E-state index in [9.17, 15) is 22.1 Å². The third-order valence-corrected chi connectivity index (χ3v) is 1.29. The lowest BCUT2D eigenvalue weighted by Crippen LogP contribution is -2.29. The zero-order chi connectivity index (χ0) is 16.1. The predicted octanol–water partition coefficient (Wildman–Crippen LogP) is -0.149. The van der Waals surface area contributed by atoms with Gasteiger partial charge in [-0.2, -0.15) is 0 Å². The van der Waals surface area contributed by atoms with Crippen molar-refractivity contribution in [2.75, 3.05) is 6.54 Å². The molecule has 0 saturated heterocycles. The SMILES string of the molecule is F[B-](F)(F)F.NC(N)=O.NCCCC[C@H](N)C(=O)O. The number of urea groups is 1. The van der Waals surface area contributed by atoms with E-state index in [2.05, 4.69) is 11.5 Å². The number of amides is 2. The zero-order valence-corrected chi connectivity index (χ0v) is 10.1. The Balaban J connectivity index is -0.000000238. The van der Waals surface area contributed by atoms with E-state index in [0.717, 1.165) is 12.8 Å². The number of aliphatic carboxylic acids is 1. The van der Waals surface area contributed by atoms with Crippen LogP contribution in [0.5, 0.6) is 0 Å². The summed E-state index contributed by atoms with van der Waals surface area (Å²) in [6.07, 6.45) is 2.16. The number of unbranched alkanes of at least 4 members (excludes halogenated alkanes) is 1. The highest BCUT2D eigenvalue weighted by atomic mass is 19.5. The van der Waals surface area contributed by atoms with Gasteiger partial charge in [-0.3, -0.25) is 4.79 Å². The van der Waals surface area contributed by atoms with Gasteiger partial charge in [0.1, 0.15) is 6.04 Å². The van der Waals surface area contributed by atoms with Crippen molar-refractivity contribution >= 4 is 19.3 Å². The molecule has 0 radical (unpaired) electrons. The molecule has 0 aliphatic carbocycles. The van der Waals surface area contributed by atoms with Crippen molar-refractivity contribution in [1.82, 2.24) is 0 Å². The van der Waals surface area contributed by atoms with Crippen LogP contribution in [0.2, 0.25) is 0 Å². The number of carboxylic acids is 1. The first-order chi connectivity index (χ1) is 8.41. The molecule has 12 heteroatoms. The number of nitrogens with two attached hydrogens (primary N) is 4. The van der Waals surface area contributed by atoms with Crippen molar-refractivity contribution in [3.8, 4) is 0 Å². The van der Waals surface area contributed by atoms with Gasteiger partial charge < -0.3 is 45.3 Å². The van der Waals surface area contributed by atoms with Gasteiger partial charge in [-0.1, -0.05) is 6.42 Å². The fourth-order valence-electron chi connectivity index (χ4n) is 0.632. The molecule has 0 heterocycles.